The molecule has 0 radical (unpaired) electrons. The van der Waals surface area contributed by atoms with Crippen molar-refractivity contribution in [2.75, 3.05) is 43.3 Å². The van der Waals surface area contributed by atoms with Crippen LogP contribution >= 0.6 is 0 Å². The highest BCUT2D eigenvalue weighted by Crippen LogP contribution is 2.30. The lowest BCUT2D eigenvalue weighted by Gasteiger charge is -2.23. The molecule has 4 N–H and O–H groups in total. The number of ether oxygens (including phenoxy) is 3. The average molecular weight is 495 g/mol. The molecule has 0 aliphatic carbocycles. The van der Waals surface area contributed by atoms with E-state index in [0.717, 1.165) is 41.0 Å². The molecule has 1 aromatic heterocycles. The van der Waals surface area contributed by atoms with Gasteiger partial charge in [-0.05, 0) is 57.5 Å². The number of carbonyl (C=O) groups is 1. The molecule has 1 aliphatic rings. The number of anilines is 3. The maximum absolute atomic E-state index is 12.3. The van der Waals surface area contributed by atoms with E-state index in [1.807, 2.05) is 57.2 Å². The number of nitrogen functional groups attached to an aromatic ring is 1. The zero-order chi connectivity index (χ0) is 25.9. The van der Waals surface area contributed by atoms with Gasteiger partial charge in [0.2, 0.25) is 5.95 Å². The number of benzene rings is 2. The van der Waals surface area contributed by atoms with E-state index in [9.17, 15) is 4.79 Å². The molecule has 1 amide bonds. The Morgan fingerprint density at radius 3 is 2.67 bits per heavy atom. The number of nitrogens with one attached hydrogen (secondary N) is 2. The molecule has 36 heavy (non-hydrogen) atoms. The molecule has 1 saturated heterocycles. The molecule has 0 spiro atoms. The standard InChI is InChI=1S/C26H34N6O4/c1-26(2,3)36-25(33)29-18-10-11-32(15-18)23-20-9-7-17(27)12-21(20)30-24(31-23)28-14-16-6-8-19(34-4)13-22(16)35-5/h6-9,12-13,18H,10-11,14-15,27H2,1-5H3,(H,29,33)(H,28,30,31)/t18-/m1/s1. The molecule has 1 atom stereocenters. The molecule has 1 aliphatic heterocycles. The van der Waals surface area contributed by atoms with Crippen molar-refractivity contribution in [3.05, 3.63) is 42.0 Å². The summed E-state index contributed by atoms with van der Waals surface area (Å²) in [6.45, 7) is 7.36. The second kappa shape index (κ2) is 10.3. The van der Waals surface area contributed by atoms with E-state index in [1.54, 1.807) is 14.2 Å². The van der Waals surface area contributed by atoms with E-state index in [2.05, 4.69) is 15.5 Å². The number of aromatic nitrogens is 2. The highest BCUT2D eigenvalue weighted by molar-refractivity contribution is 5.92. The Kier molecular flexibility index (Phi) is 7.23. The predicted molar refractivity (Wildman–Crippen MR) is 141 cm³/mol. The number of hydrogen-bond donors (Lipinski definition) is 3. The Balaban J connectivity index is 1.55. The van der Waals surface area contributed by atoms with Gasteiger partial charge in [0.1, 0.15) is 22.9 Å². The molecule has 10 heteroatoms. The molecule has 3 aromatic rings. The maximum atomic E-state index is 12.3. The Labute approximate surface area is 211 Å². The molecule has 0 bridgehead atoms. The molecule has 0 unspecified atom stereocenters. The third kappa shape index (κ3) is 5.99. The van der Waals surface area contributed by atoms with E-state index in [1.165, 1.54) is 0 Å². The quantitative estimate of drug-likeness (QED) is 0.419. The highest BCUT2D eigenvalue weighted by Gasteiger charge is 2.28. The number of nitrogens with zero attached hydrogens (tertiary/aromatic N) is 3. The Morgan fingerprint density at radius 1 is 1.14 bits per heavy atom. The van der Waals surface area contributed by atoms with Crippen LogP contribution in [0.1, 0.15) is 32.8 Å². The summed E-state index contributed by atoms with van der Waals surface area (Å²) < 4.78 is 16.2. The minimum Gasteiger partial charge on any atom is -0.497 e. The third-order valence-corrected chi connectivity index (χ3v) is 5.84. The van der Waals surface area contributed by atoms with Crippen molar-refractivity contribution in [3.8, 4) is 11.5 Å². The molecule has 10 nitrogen and oxygen atoms in total. The Bertz CT molecular complexity index is 1240. The van der Waals surface area contributed by atoms with Gasteiger partial charge in [-0.3, -0.25) is 0 Å². The SMILES string of the molecule is COc1ccc(CNc2nc(N3CC[C@@H](NC(=O)OC(C)(C)C)C3)c3ccc(N)cc3n2)c(OC)c1. The van der Waals surface area contributed by atoms with Crippen LogP contribution in [0, 0.1) is 0 Å². The first-order valence-electron chi connectivity index (χ1n) is 11.9. The first-order valence-corrected chi connectivity index (χ1v) is 11.9. The average Bonchev–Trinajstić information content (AvgIpc) is 3.28. The molecular weight excluding hydrogens is 460 g/mol. The number of alkyl carbamates (subject to hydrolysis) is 1. The lowest BCUT2D eigenvalue weighted by atomic mass is 10.2. The zero-order valence-electron chi connectivity index (χ0n) is 21.4. The topological polar surface area (TPSA) is 124 Å². The fourth-order valence-electron chi connectivity index (χ4n) is 4.17. The summed E-state index contributed by atoms with van der Waals surface area (Å²) in [5.41, 5.74) is 7.82. The van der Waals surface area contributed by atoms with Gasteiger partial charge in [0.25, 0.3) is 0 Å². The summed E-state index contributed by atoms with van der Waals surface area (Å²) in [6, 6.07) is 11.2. The first kappa shape index (κ1) is 25.2. The molecule has 1 fully saturated rings. The van der Waals surface area contributed by atoms with Crippen LogP contribution in [0.2, 0.25) is 0 Å². The molecule has 2 heterocycles. The van der Waals surface area contributed by atoms with Crippen molar-refractivity contribution < 1.29 is 19.0 Å². The number of fused-ring (bicyclic) bond motifs is 1. The fraction of sp³-hybridized carbons (Fsp3) is 0.423. The minimum absolute atomic E-state index is 0.0429. The first-order chi connectivity index (χ1) is 17.1. The molecule has 0 saturated carbocycles. The van der Waals surface area contributed by atoms with Crippen molar-refractivity contribution in [2.24, 2.45) is 0 Å². The van der Waals surface area contributed by atoms with E-state index in [-0.39, 0.29) is 6.04 Å². The van der Waals surface area contributed by atoms with Crippen molar-refractivity contribution in [2.45, 2.75) is 45.4 Å². The summed E-state index contributed by atoms with van der Waals surface area (Å²) in [7, 11) is 3.25. The normalized spacial score (nSPS) is 15.6. The van der Waals surface area contributed by atoms with Gasteiger partial charge in [0.05, 0.1) is 25.8 Å². The van der Waals surface area contributed by atoms with Gasteiger partial charge in [-0.2, -0.15) is 4.98 Å². The van der Waals surface area contributed by atoms with Crippen LogP contribution in [-0.2, 0) is 11.3 Å². The second-order valence-corrected chi connectivity index (χ2v) is 9.76. The van der Waals surface area contributed by atoms with Gasteiger partial charge >= 0.3 is 6.09 Å². The van der Waals surface area contributed by atoms with Gasteiger partial charge in [-0.25, -0.2) is 9.78 Å². The molecule has 4 rings (SSSR count). The molecule has 192 valence electrons. The number of carbonyl (C=O) groups excluding carboxylic acids is 1. The molecule has 2 aromatic carbocycles. The third-order valence-electron chi connectivity index (χ3n) is 5.84. The van der Waals surface area contributed by atoms with Crippen molar-refractivity contribution in [3.63, 3.8) is 0 Å². The maximum Gasteiger partial charge on any atom is 0.407 e. The summed E-state index contributed by atoms with van der Waals surface area (Å²) in [6.07, 6.45) is 0.372. The van der Waals surface area contributed by atoms with E-state index in [4.69, 9.17) is 29.9 Å². The van der Waals surface area contributed by atoms with Crippen LogP contribution in [-0.4, -0.2) is 55.0 Å². The van der Waals surface area contributed by atoms with Gasteiger partial charge in [0, 0.05) is 42.3 Å². The van der Waals surface area contributed by atoms with Gasteiger partial charge in [0.15, 0.2) is 0 Å². The summed E-state index contributed by atoms with van der Waals surface area (Å²) >= 11 is 0. The Morgan fingerprint density at radius 2 is 1.94 bits per heavy atom. The van der Waals surface area contributed by atoms with E-state index >= 15 is 0 Å². The van der Waals surface area contributed by atoms with Crippen LogP contribution < -0.4 is 30.7 Å². The lowest BCUT2D eigenvalue weighted by Crippen LogP contribution is -2.40. The van der Waals surface area contributed by atoms with Crippen molar-refractivity contribution in [1.82, 2.24) is 15.3 Å². The van der Waals surface area contributed by atoms with E-state index in [0.29, 0.717) is 30.5 Å². The summed E-state index contributed by atoms with van der Waals surface area (Å²) in [5, 5.41) is 7.18. The highest BCUT2D eigenvalue weighted by atomic mass is 16.6. The smallest absolute Gasteiger partial charge is 0.407 e. The zero-order valence-corrected chi connectivity index (χ0v) is 21.4. The largest absolute Gasteiger partial charge is 0.497 e. The van der Waals surface area contributed by atoms with Crippen LogP contribution in [0.25, 0.3) is 10.9 Å². The molecular formula is C26H34N6O4. The second-order valence-electron chi connectivity index (χ2n) is 9.76. The minimum atomic E-state index is -0.543. The van der Waals surface area contributed by atoms with Crippen LogP contribution in [0.3, 0.4) is 0 Å². The number of nitrogens with two attached hydrogens (primary N) is 1. The van der Waals surface area contributed by atoms with Gasteiger partial charge < -0.3 is 35.5 Å². The Hall–Kier alpha value is -3.95. The lowest BCUT2D eigenvalue weighted by molar-refractivity contribution is 0.0509. The fourth-order valence-corrected chi connectivity index (χ4v) is 4.17. The monoisotopic (exact) mass is 494 g/mol. The van der Waals surface area contributed by atoms with E-state index < -0.39 is 11.7 Å². The van der Waals surface area contributed by atoms with Crippen LogP contribution in [0.4, 0.5) is 22.2 Å². The number of rotatable bonds is 7. The summed E-state index contributed by atoms with van der Waals surface area (Å²) in [5.74, 6) is 2.70. The number of hydrogen-bond acceptors (Lipinski definition) is 9. The van der Waals surface area contributed by atoms with Gasteiger partial charge in [-0.1, -0.05) is 0 Å². The number of methoxy groups -OCH3 is 2. The van der Waals surface area contributed by atoms with Gasteiger partial charge in [-0.15, -0.1) is 0 Å². The summed E-state index contributed by atoms with van der Waals surface area (Å²) in [4.78, 5) is 23.9. The predicted octanol–water partition coefficient (Wildman–Crippen LogP) is 3.94. The van der Waals surface area contributed by atoms with Crippen molar-refractivity contribution >= 4 is 34.4 Å². The van der Waals surface area contributed by atoms with Crippen molar-refractivity contribution in [1.29, 1.82) is 0 Å². The number of amides is 1. The van der Waals surface area contributed by atoms with Crippen LogP contribution in [0.5, 0.6) is 11.5 Å². The van der Waals surface area contributed by atoms with Crippen LogP contribution in [0.15, 0.2) is 36.4 Å².